The first-order valence-electron chi connectivity index (χ1n) is 41.6. The molecule has 0 saturated heterocycles. The zero-order chi connectivity index (χ0) is 89.5. The van der Waals surface area contributed by atoms with Crippen molar-refractivity contribution in [3.63, 3.8) is 0 Å². The number of halogens is 2. The highest BCUT2D eigenvalue weighted by atomic mass is 19.1. The van der Waals surface area contributed by atoms with Crippen molar-refractivity contribution >= 4 is 22.6 Å². The van der Waals surface area contributed by atoms with E-state index in [1.807, 2.05) is 168 Å². The molecule has 0 aliphatic rings. The third-order valence-corrected chi connectivity index (χ3v) is 20.7. The maximum atomic E-state index is 14.7. The number of benzene rings is 8. The van der Waals surface area contributed by atoms with Crippen LogP contribution < -0.4 is 0 Å². The molecule has 20 aromatic rings. The Labute approximate surface area is 734 Å². The number of fused-ring (bicyclic) bond motifs is 4. The average molecular weight is 1710 g/mol. The fraction of sp³-hybridized carbons (Fsp3) is 0.137. The lowest BCUT2D eigenvalue weighted by Crippen LogP contribution is -2.02. The minimum Gasteiger partial charge on any atom is -0.508 e. The van der Waals surface area contributed by atoms with Crippen LogP contribution in [0.1, 0.15) is 130 Å². The Morgan fingerprint density at radius 3 is 0.844 bits per heavy atom. The molecule has 0 saturated carbocycles. The van der Waals surface area contributed by atoms with Gasteiger partial charge in [-0.3, -0.25) is 17.6 Å². The van der Waals surface area contributed by atoms with Crippen LogP contribution in [0.15, 0.2) is 310 Å². The van der Waals surface area contributed by atoms with Gasteiger partial charge in [0.15, 0.2) is 45.7 Å². The number of phenols is 4. The first kappa shape index (κ1) is 86.6. The van der Waals surface area contributed by atoms with Crippen LogP contribution in [0, 0.1) is 25.5 Å². The predicted molar refractivity (Wildman–Crippen MR) is 482 cm³/mol. The van der Waals surface area contributed by atoms with E-state index >= 15 is 0 Å². The van der Waals surface area contributed by atoms with E-state index in [0.717, 1.165) is 61.9 Å². The van der Waals surface area contributed by atoms with Crippen molar-refractivity contribution in [1.29, 1.82) is 0 Å². The molecule has 0 bridgehead atoms. The Morgan fingerprint density at radius 2 is 0.547 bits per heavy atom. The minimum atomic E-state index is -0.768. The van der Waals surface area contributed by atoms with Gasteiger partial charge in [-0.25, -0.2) is 48.7 Å². The fourth-order valence-electron chi connectivity index (χ4n) is 14.7. The summed E-state index contributed by atoms with van der Waals surface area (Å²) in [5.41, 5.74) is 16.8. The molecule has 0 radical (unpaired) electrons. The van der Waals surface area contributed by atoms with E-state index in [0.29, 0.717) is 131 Å². The Kier molecular flexibility index (Phi) is 26.7. The van der Waals surface area contributed by atoms with E-state index in [4.69, 9.17) is 32.6 Å². The Bertz CT molecular complexity index is 7180. The van der Waals surface area contributed by atoms with Gasteiger partial charge >= 0.3 is 0 Å². The number of hydrogen-bond donors (Lipinski definition) is 8. The van der Waals surface area contributed by atoms with Crippen molar-refractivity contribution in [2.24, 2.45) is 0 Å². The van der Waals surface area contributed by atoms with Gasteiger partial charge in [-0.15, -0.1) is 0 Å². The number of rotatable bonds is 20. The van der Waals surface area contributed by atoms with Gasteiger partial charge in [0.05, 0.1) is 96.3 Å². The van der Waals surface area contributed by atoms with Gasteiger partial charge < -0.3 is 58.5 Å². The van der Waals surface area contributed by atoms with Gasteiger partial charge in [0.1, 0.15) is 57.3 Å². The molecule has 0 unspecified atom stereocenters. The summed E-state index contributed by atoms with van der Waals surface area (Å²) in [5, 5.41) is 83.0. The van der Waals surface area contributed by atoms with Crippen LogP contribution >= 0.6 is 0 Å². The van der Waals surface area contributed by atoms with Gasteiger partial charge in [-0.1, -0.05) is 184 Å². The van der Waals surface area contributed by atoms with Crippen LogP contribution in [0.4, 0.5) is 8.78 Å². The monoisotopic (exact) mass is 1710 g/mol. The van der Waals surface area contributed by atoms with Crippen molar-refractivity contribution < 1.29 is 67.3 Å². The second-order valence-electron chi connectivity index (χ2n) is 29.7. The summed E-state index contributed by atoms with van der Waals surface area (Å²) in [5.74, 6) is 0.616. The number of phenolic OH excluding ortho intramolecular Hbond substituents is 4. The number of hydrogen-bond acceptors (Lipinski definition) is 20. The third kappa shape index (κ3) is 19.8. The summed E-state index contributed by atoms with van der Waals surface area (Å²) < 4.78 is 57.2. The maximum absolute atomic E-state index is 14.7. The molecule has 8 aromatic carbocycles. The highest BCUT2D eigenvalue weighted by Crippen LogP contribution is 2.37. The molecule has 0 spiro atoms. The lowest BCUT2D eigenvalue weighted by Gasteiger charge is -2.10. The predicted octanol–water partition coefficient (Wildman–Crippen LogP) is 21.3. The molecule has 128 heavy (non-hydrogen) atoms. The molecule has 0 amide bonds. The Balaban J connectivity index is 0.000000130. The quantitative estimate of drug-likeness (QED) is 0.0351. The molecular formula is C102H90F2N12O12. The van der Waals surface area contributed by atoms with Crippen LogP contribution in [0.5, 0.6) is 46.5 Å². The molecule has 0 atom stereocenters. The molecule has 0 fully saturated rings. The number of aromatic nitrogens is 12. The van der Waals surface area contributed by atoms with Crippen molar-refractivity contribution in [3.05, 3.63) is 406 Å². The Hall–Kier alpha value is -16.4. The number of imidazole rings is 4. The van der Waals surface area contributed by atoms with Gasteiger partial charge in [0.25, 0.3) is 0 Å². The molecule has 0 aliphatic heterocycles. The zero-order valence-electron chi connectivity index (χ0n) is 70.7. The van der Waals surface area contributed by atoms with Crippen molar-refractivity contribution in [2.75, 3.05) is 0 Å². The van der Waals surface area contributed by atoms with Crippen molar-refractivity contribution in [3.8, 4) is 91.5 Å². The average Bonchev–Trinajstić information content (AvgIpc) is 1.62. The lowest BCUT2D eigenvalue weighted by atomic mass is 10.1. The summed E-state index contributed by atoms with van der Waals surface area (Å²) in [6.07, 6.45) is 16.3. The van der Waals surface area contributed by atoms with Crippen molar-refractivity contribution in [1.82, 2.24) is 57.5 Å². The first-order chi connectivity index (χ1) is 62.3. The zero-order valence-corrected chi connectivity index (χ0v) is 70.7. The topological polar surface area (TPSA) is 335 Å². The van der Waals surface area contributed by atoms with Crippen LogP contribution in [-0.4, -0.2) is 98.3 Å². The van der Waals surface area contributed by atoms with E-state index in [1.54, 1.807) is 113 Å². The molecule has 0 aliphatic carbocycles. The number of aryl methyl sites for hydroxylation is 2. The van der Waals surface area contributed by atoms with Crippen LogP contribution in [0.3, 0.4) is 0 Å². The molecular weight excluding hydrogens is 1620 g/mol. The summed E-state index contributed by atoms with van der Waals surface area (Å²) in [4.78, 5) is 37.6. The number of furan rings is 4. The normalized spacial score (nSPS) is 11.0. The third-order valence-electron chi connectivity index (χ3n) is 20.7. The second-order valence-corrected chi connectivity index (χ2v) is 29.7. The summed E-state index contributed by atoms with van der Waals surface area (Å²) in [6, 6.07) is 73.0. The second kappa shape index (κ2) is 39.4. The molecule has 26 heteroatoms. The van der Waals surface area contributed by atoms with Crippen molar-refractivity contribution in [2.45, 2.75) is 92.9 Å². The summed E-state index contributed by atoms with van der Waals surface area (Å²) in [7, 11) is 0. The van der Waals surface area contributed by atoms with E-state index < -0.39 is 23.1 Å². The van der Waals surface area contributed by atoms with Gasteiger partial charge in [0, 0.05) is 72.7 Å². The van der Waals surface area contributed by atoms with Crippen LogP contribution in [0.2, 0.25) is 0 Å². The Morgan fingerprint density at radius 1 is 0.266 bits per heavy atom. The summed E-state index contributed by atoms with van der Waals surface area (Å²) in [6.45, 7) is 12.1. The van der Waals surface area contributed by atoms with Crippen LogP contribution in [-0.2, 0) is 51.4 Å². The fourth-order valence-corrected chi connectivity index (χ4v) is 14.7. The van der Waals surface area contributed by atoms with Gasteiger partial charge in [-0.2, -0.15) is 0 Å². The number of aromatic hydroxyl groups is 8. The van der Waals surface area contributed by atoms with E-state index in [9.17, 15) is 49.6 Å². The molecule has 644 valence electrons. The molecule has 20 rings (SSSR count). The highest BCUT2D eigenvalue weighted by molar-refractivity contribution is 5.70. The largest absolute Gasteiger partial charge is 0.508 e. The molecule has 12 heterocycles. The van der Waals surface area contributed by atoms with Gasteiger partial charge in [-0.05, 0) is 133 Å². The van der Waals surface area contributed by atoms with Crippen LogP contribution in [0.25, 0.3) is 67.6 Å². The molecule has 24 nitrogen and oxygen atoms in total. The smallest absolute Gasteiger partial charge is 0.219 e. The lowest BCUT2D eigenvalue weighted by molar-refractivity contribution is 0.433. The standard InChI is InChI=1S/C25H20FN3O3.C25H21N3O3.C24H18FN3O3.C24H19N3O3.2C2H6/c1-15-5-2-6-16(11-15)12-19-24-28-20(13-17-7-4-10-32-17)25(31)29(24)14-21(27-19)18-8-3-9-22(30)23(18)26;1-16-5-2-6-17(11-16)12-21-24-27-22(14-20-9-4-10-31-20)25(30)28(24)15-23(26-21)18-7-3-8-19(29)13-18;25-22-17(9-4-10-21(22)29)20-14-28-23(18(26-20)12-15-6-2-1-3-7-15)27-19(24(28)30)13-16-8-5-11-31-16;28-18-9-4-8-17(13-18)22-15-27-23(20(25-22)12-16-6-2-1-3-7-16)26-21(24(27)29)14-19-10-5-11-30-19;2*1-2/h2-11,14,30-31H,12-13H2,1H3;2-11,13,15,29-30H,12,14H2,1H3;1-11,14,29-30H,12-13H2;1-11,13,15,28-29H,12,14H2;2*1-2H3. The van der Waals surface area contributed by atoms with E-state index in [1.165, 1.54) is 51.0 Å². The molecule has 12 aromatic heterocycles. The summed E-state index contributed by atoms with van der Waals surface area (Å²) >= 11 is 0. The highest BCUT2D eigenvalue weighted by Gasteiger charge is 2.26. The van der Waals surface area contributed by atoms with E-state index in [2.05, 4.69) is 50.0 Å². The SMILES string of the molecule is CC.CC.Cc1cccc(Cc2nc(-c3cccc(O)c3)cn3c(O)c(Cc4ccco4)nc23)c1.Cc1cccc(Cc2nc(-c3cccc(O)c3F)cn3c(O)c(Cc4ccco4)nc23)c1.Oc1cccc(-c2cn3c(O)c(Cc4ccco4)nc3c(Cc3ccccc3)n2)c1.Oc1cccc(-c2cn3c(O)c(Cc4ccco4)nc3c(Cc3ccccc3)n2)c1F. The maximum Gasteiger partial charge on any atom is 0.219 e. The minimum absolute atomic E-state index is 0.0551. The number of nitrogens with zero attached hydrogens (tertiary/aromatic N) is 12. The first-order valence-corrected chi connectivity index (χ1v) is 41.6. The molecule has 8 N–H and O–H groups in total. The van der Waals surface area contributed by atoms with Gasteiger partial charge in [0.2, 0.25) is 23.5 Å². The van der Waals surface area contributed by atoms with E-state index in [-0.39, 0.29) is 57.5 Å².